The molecule has 0 bridgehead atoms. The molecule has 1 N–H and O–H groups in total. The summed E-state index contributed by atoms with van der Waals surface area (Å²) in [5.74, 6) is 0.709. The number of nitrogens with one attached hydrogen (secondary N) is 1. The predicted octanol–water partition coefficient (Wildman–Crippen LogP) is 4.31. The number of thiazole rings is 1. The molecule has 2 aromatic rings. The fraction of sp³-hybridized carbons (Fsp3) is 0.462. The molecule has 0 unspecified atom stereocenters. The molecular weight excluding hydrogens is 268 g/mol. The first-order valence-electron chi connectivity index (χ1n) is 6.17. The molecule has 18 heavy (non-hydrogen) atoms. The molecule has 1 heterocycles. The van der Waals surface area contributed by atoms with Crippen molar-refractivity contribution >= 4 is 38.3 Å². The molecule has 5 heteroatoms. The maximum absolute atomic E-state index is 6.10. The van der Waals surface area contributed by atoms with Crippen LogP contribution in [0.5, 0.6) is 5.75 Å². The van der Waals surface area contributed by atoms with Gasteiger partial charge in [-0.2, -0.15) is 0 Å². The number of rotatable bonds is 3. The van der Waals surface area contributed by atoms with Crippen LogP contribution in [-0.2, 0) is 0 Å². The van der Waals surface area contributed by atoms with Gasteiger partial charge >= 0.3 is 0 Å². The van der Waals surface area contributed by atoms with Gasteiger partial charge in [0.05, 0.1) is 22.3 Å². The van der Waals surface area contributed by atoms with Gasteiger partial charge in [0.15, 0.2) is 5.13 Å². The summed E-state index contributed by atoms with van der Waals surface area (Å²) in [6, 6.07) is 4.41. The topological polar surface area (TPSA) is 34.1 Å². The van der Waals surface area contributed by atoms with Gasteiger partial charge < -0.3 is 10.1 Å². The second kappa shape index (κ2) is 4.94. The van der Waals surface area contributed by atoms with E-state index in [-0.39, 0.29) is 0 Å². The van der Waals surface area contributed by atoms with E-state index in [9.17, 15) is 0 Å². The van der Waals surface area contributed by atoms with E-state index in [1.54, 1.807) is 18.4 Å². The summed E-state index contributed by atoms with van der Waals surface area (Å²) in [6.45, 7) is 0. The minimum atomic E-state index is 0.586. The highest BCUT2D eigenvalue weighted by atomic mass is 35.5. The lowest BCUT2D eigenvalue weighted by Gasteiger charge is -2.09. The maximum Gasteiger partial charge on any atom is 0.184 e. The Morgan fingerprint density at radius 1 is 1.39 bits per heavy atom. The van der Waals surface area contributed by atoms with Gasteiger partial charge in [0.1, 0.15) is 5.75 Å². The van der Waals surface area contributed by atoms with Crippen LogP contribution in [0.25, 0.3) is 10.2 Å². The van der Waals surface area contributed by atoms with E-state index in [2.05, 4.69) is 10.3 Å². The summed E-state index contributed by atoms with van der Waals surface area (Å²) in [5, 5.41) is 5.11. The van der Waals surface area contributed by atoms with E-state index in [0.717, 1.165) is 15.3 Å². The molecule has 3 rings (SSSR count). The molecule has 1 aliphatic carbocycles. The van der Waals surface area contributed by atoms with E-state index >= 15 is 0 Å². The molecule has 0 radical (unpaired) electrons. The lowest BCUT2D eigenvalue weighted by Crippen LogP contribution is -2.13. The predicted molar refractivity (Wildman–Crippen MR) is 77.1 cm³/mol. The van der Waals surface area contributed by atoms with Crippen molar-refractivity contribution in [3.63, 3.8) is 0 Å². The Hall–Kier alpha value is -1.00. The monoisotopic (exact) mass is 282 g/mol. The zero-order chi connectivity index (χ0) is 12.5. The minimum absolute atomic E-state index is 0.586. The highest BCUT2D eigenvalue weighted by molar-refractivity contribution is 7.22. The first-order chi connectivity index (χ1) is 8.76. The number of aromatic nitrogens is 1. The third-order valence-electron chi connectivity index (χ3n) is 3.34. The molecule has 0 aliphatic heterocycles. The number of ether oxygens (including phenoxy) is 1. The third-order valence-corrected chi connectivity index (χ3v) is 4.59. The average Bonchev–Trinajstić information content (AvgIpc) is 2.97. The van der Waals surface area contributed by atoms with Crippen molar-refractivity contribution < 1.29 is 4.74 Å². The van der Waals surface area contributed by atoms with Gasteiger partial charge in [-0.15, -0.1) is 0 Å². The SMILES string of the molecule is COc1cc2sc(NC3CCCC3)nc2cc1Cl. The zero-order valence-corrected chi connectivity index (χ0v) is 11.8. The number of anilines is 1. The van der Waals surface area contributed by atoms with Gasteiger partial charge in [-0.05, 0) is 18.9 Å². The van der Waals surface area contributed by atoms with Gasteiger partial charge in [-0.25, -0.2) is 4.98 Å². The van der Waals surface area contributed by atoms with Crippen LogP contribution in [0.15, 0.2) is 12.1 Å². The molecular formula is C13H15ClN2OS. The largest absolute Gasteiger partial charge is 0.495 e. The van der Waals surface area contributed by atoms with Gasteiger partial charge in [-0.1, -0.05) is 35.8 Å². The normalized spacial score (nSPS) is 16.3. The number of nitrogens with zero attached hydrogens (tertiary/aromatic N) is 1. The molecule has 3 nitrogen and oxygen atoms in total. The van der Waals surface area contributed by atoms with Crippen LogP contribution >= 0.6 is 22.9 Å². The molecule has 0 atom stereocenters. The van der Waals surface area contributed by atoms with Gasteiger partial charge in [-0.3, -0.25) is 0 Å². The molecule has 1 aromatic carbocycles. The van der Waals surface area contributed by atoms with Crippen molar-refractivity contribution in [2.75, 3.05) is 12.4 Å². The van der Waals surface area contributed by atoms with Crippen LogP contribution < -0.4 is 10.1 Å². The van der Waals surface area contributed by atoms with Crippen LogP contribution in [-0.4, -0.2) is 18.1 Å². The van der Waals surface area contributed by atoms with Crippen molar-refractivity contribution in [3.05, 3.63) is 17.2 Å². The number of hydrogen-bond donors (Lipinski definition) is 1. The van der Waals surface area contributed by atoms with Crippen molar-refractivity contribution in [3.8, 4) is 5.75 Å². The molecule has 1 saturated carbocycles. The smallest absolute Gasteiger partial charge is 0.184 e. The van der Waals surface area contributed by atoms with E-state index < -0.39 is 0 Å². The Morgan fingerprint density at radius 3 is 2.89 bits per heavy atom. The second-order valence-corrected chi connectivity index (χ2v) is 6.04. The number of fused-ring (bicyclic) bond motifs is 1. The number of hydrogen-bond acceptors (Lipinski definition) is 4. The Bertz CT molecular complexity index is 563. The van der Waals surface area contributed by atoms with Crippen LogP contribution in [0.4, 0.5) is 5.13 Å². The van der Waals surface area contributed by atoms with Crippen LogP contribution in [0, 0.1) is 0 Å². The number of methoxy groups -OCH3 is 1. The van der Waals surface area contributed by atoms with Crippen molar-refractivity contribution in [1.29, 1.82) is 0 Å². The Labute approximate surface area is 115 Å². The van der Waals surface area contributed by atoms with Crippen molar-refractivity contribution in [2.24, 2.45) is 0 Å². The quantitative estimate of drug-likeness (QED) is 0.911. The summed E-state index contributed by atoms with van der Waals surface area (Å²) in [5.41, 5.74) is 0.936. The number of benzene rings is 1. The van der Waals surface area contributed by atoms with Crippen LogP contribution in [0.3, 0.4) is 0 Å². The maximum atomic E-state index is 6.10. The Balaban J connectivity index is 1.90. The van der Waals surface area contributed by atoms with E-state index in [4.69, 9.17) is 16.3 Å². The standard InChI is InChI=1S/C13H15ClN2OS/c1-17-11-7-12-10(6-9(11)14)16-13(18-12)15-8-4-2-3-5-8/h6-8H,2-5H2,1H3,(H,15,16). The van der Waals surface area contributed by atoms with Crippen LogP contribution in [0.2, 0.25) is 5.02 Å². The molecule has 0 spiro atoms. The first kappa shape index (κ1) is 12.1. The fourth-order valence-corrected chi connectivity index (χ4v) is 3.58. The van der Waals surface area contributed by atoms with Gasteiger partial charge in [0.25, 0.3) is 0 Å². The summed E-state index contributed by atoms with van der Waals surface area (Å²) in [6.07, 6.45) is 5.14. The molecule has 96 valence electrons. The Morgan fingerprint density at radius 2 is 2.17 bits per heavy atom. The van der Waals surface area contributed by atoms with E-state index in [1.165, 1.54) is 25.7 Å². The van der Waals surface area contributed by atoms with Crippen LogP contribution in [0.1, 0.15) is 25.7 Å². The second-order valence-electron chi connectivity index (χ2n) is 4.60. The summed E-state index contributed by atoms with van der Waals surface area (Å²) in [7, 11) is 1.63. The highest BCUT2D eigenvalue weighted by Gasteiger charge is 2.16. The summed E-state index contributed by atoms with van der Waals surface area (Å²) >= 11 is 7.76. The molecule has 1 aromatic heterocycles. The lowest BCUT2D eigenvalue weighted by molar-refractivity contribution is 0.415. The van der Waals surface area contributed by atoms with Gasteiger partial charge in [0.2, 0.25) is 0 Å². The molecule has 0 amide bonds. The summed E-state index contributed by atoms with van der Waals surface area (Å²) in [4.78, 5) is 4.58. The minimum Gasteiger partial charge on any atom is -0.495 e. The number of halogens is 1. The van der Waals surface area contributed by atoms with Gasteiger partial charge in [0, 0.05) is 12.1 Å². The average molecular weight is 283 g/mol. The molecule has 0 saturated heterocycles. The fourth-order valence-electron chi connectivity index (χ4n) is 2.39. The van der Waals surface area contributed by atoms with E-state index in [0.29, 0.717) is 16.8 Å². The molecule has 1 aliphatic rings. The zero-order valence-electron chi connectivity index (χ0n) is 10.2. The van der Waals surface area contributed by atoms with Crippen molar-refractivity contribution in [1.82, 2.24) is 4.98 Å². The third kappa shape index (κ3) is 2.27. The van der Waals surface area contributed by atoms with Crippen molar-refractivity contribution in [2.45, 2.75) is 31.7 Å². The Kier molecular flexibility index (Phi) is 3.31. The molecule has 1 fully saturated rings. The van der Waals surface area contributed by atoms with E-state index in [1.807, 2.05) is 12.1 Å². The lowest BCUT2D eigenvalue weighted by atomic mass is 10.3. The highest BCUT2D eigenvalue weighted by Crippen LogP contribution is 2.35. The summed E-state index contributed by atoms with van der Waals surface area (Å²) < 4.78 is 6.33. The first-order valence-corrected chi connectivity index (χ1v) is 7.36.